The maximum atomic E-state index is 12.2. The Hall–Kier alpha value is -2.05. The average molecular weight is 271 g/mol. The molecule has 2 unspecified atom stereocenters. The zero-order valence-corrected chi connectivity index (χ0v) is 11.0. The van der Waals surface area contributed by atoms with Gasteiger partial charge in [-0.05, 0) is 43.5 Å². The number of nitrogens with two attached hydrogens (primary N) is 2. The Labute approximate surface area is 116 Å². The van der Waals surface area contributed by atoms with Gasteiger partial charge in [-0.1, -0.05) is 0 Å². The van der Waals surface area contributed by atoms with Crippen LogP contribution in [0.1, 0.15) is 12.8 Å². The normalized spacial score (nSPS) is 24.6. The molecule has 0 saturated heterocycles. The average Bonchev–Trinajstić information content (AvgIpc) is 3.11. The summed E-state index contributed by atoms with van der Waals surface area (Å²) < 4.78 is 0. The summed E-state index contributed by atoms with van der Waals surface area (Å²) in [5.74, 6) is 0.505. The molecule has 3 rings (SSSR count). The first kappa shape index (κ1) is 13.0. The van der Waals surface area contributed by atoms with E-state index in [9.17, 15) is 4.79 Å². The Morgan fingerprint density at radius 3 is 3.10 bits per heavy atom. The number of carbonyl (C=O) groups is 1. The molecule has 2 aromatic heterocycles. The summed E-state index contributed by atoms with van der Waals surface area (Å²) in [6.07, 6.45) is 4.87. The summed E-state index contributed by atoms with van der Waals surface area (Å²) >= 11 is 0. The van der Waals surface area contributed by atoms with Gasteiger partial charge >= 0.3 is 0 Å². The summed E-state index contributed by atoms with van der Waals surface area (Å²) in [4.78, 5) is 20.6. The van der Waals surface area contributed by atoms with Crippen LogP contribution in [0.2, 0.25) is 0 Å². The van der Waals surface area contributed by atoms with Crippen LogP contribution in [-0.2, 0) is 4.79 Å². The van der Waals surface area contributed by atoms with Crippen molar-refractivity contribution in [3.8, 4) is 0 Å². The summed E-state index contributed by atoms with van der Waals surface area (Å²) in [5.41, 5.74) is 11.6. The Morgan fingerprint density at radius 2 is 2.30 bits per heavy atom. The lowest BCUT2D eigenvalue weighted by molar-refractivity contribution is -0.118. The van der Waals surface area contributed by atoms with E-state index in [-0.39, 0.29) is 11.8 Å². The van der Waals surface area contributed by atoms with Gasteiger partial charge in [0.25, 0.3) is 0 Å². The zero-order chi connectivity index (χ0) is 14.2. The van der Waals surface area contributed by atoms with Gasteiger partial charge in [0.05, 0.1) is 11.1 Å². The molecule has 0 aromatic carbocycles. The van der Waals surface area contributed by atoms with Gasteiger partial charge in [0, 0.05) is 17.8 Å². The molecule has 0 spiro atoms. The molecular weight excluding hydrogens is 254 g/mol. The van der Waals surface area contributed by atoms with Crippen LogP contribution in [0.5, 0.6) is 0 Å². The SMILES string of the molecule is NCCC1CC1(N)C(=O)Nc1ccc2cnccc2n1. The summed E-state index contributed by atoms with van der Waals surface area (Å²) in [7, 11) is 0. The van der Waals surface area contributed by atoms with E-state index in [1.54, 1.807) is 24.5 Å². The number of aromatic nitrogens is 2. The van der Waals surface area contributed by atoms with Crippen molar-refractivity contribution in [1.29, 1.82) is 0 Å². The van der Waals surface area contributed by atoms with Gasteiger partial charge in [0.2, 0.25) is 5.91 Å². The summed E-state index contributed by atoms with van der Waals surface area (Å²) in [6.45, 7) is 0.554. The highest BCUT2D eigenvalue weighted by Crippen LogP contribution is 2.43. The second kappa shape index (κ2) is 4.81. The van der Waals surface area contributed by atoms with Crippen molar-refractivity contribution in [1.82, 2.24) is 9.97 Å². The number of pyridine rings is 2. The number of nitrogens with one attached hydrogen (secondary N) is 1. The van der Waals surface area contributed by atoms with Crippen LogP contribution in [0.4, 0.5) is 5.82 Å². The van der Waals surface area contributed by atoms with Crippen LogP contribution in [-0.4, -0.2) is 28.0 Å². The fourth-order valence-electron chi connectivity index (χ4n) is 2.46. The second-order valence-corrected chi connectivity index (χ2v) is 5.24. The number of hydrogen-bond donors (Lipinski definition) is 3. The molecule has 2 atom stereocenters. The van der Waals surface area contributed by atoms with E-state index < -0.39 is 5.54 Å². The van der Waals surface area contributed by atoms with Crippen molar-refractivity contribution in [3.05, 3.63) is 30.6 Å². The van der Waals surface area contributed by atoms with E-state index in [0.29, 0.717) is 18.8 Å². The second-order valence-electron chi connectivity index (χ2n) is 5.24. The van der Waals surface area contributed by atoms with Crippen molar-refractivity contribution in [3.63, 3.8) is 0 Å². The van der Waals surface area contributed by atoms with Gasteiger partial charge in [-0.3, -0.25) is 9.78 Å². The predicted octanol–water partition coefficient (Wildman–Crippen LogP) is 0.635. The number of nitrogens with zero attached hydrogens (tertiary/aromatic N) is 2. The van der Waals surface area contributed by atoms with Gasteiger partial charge in [-0.25, -0.2) is 4.98 Å². The van der Waals surface area contributed by atoms with Crippen LogP contribution in [0.3, 0.4) is 0 Å². The van der Waals surface area contributed by atoms with Crippen LogP contribution in [0, 0.1) is 5.92 Å². The van der Waals surface area contributed by atoms with E-state index in [1.165, 1.54) is 0 Å². The Kier molecular flexibility index (Phi) is 3.11. The third-order valence-corrected chi connectivity index (χ3v) is 3.82. The molecule has 1 saturated carbocycles. The number of rotatable bonds is 4. The third-order valence-electron chi connectivity index (χ3n) is 3.82. The van der Waals surface area contributed by atoms with E-state index in [2.05, 4.69) is 15.3 Å². The number of fused-ring (bicyclic) bond motifs is 1. The topological polar surface area (TPSA) is 107 Å². The molecule has 6 nitrogen and oxygen atoms in total. The highest BCUT2D eigenvalue weighted by molar-refractivity contribution is 6.00. The Balaban J connectivity index is 1.75. The first-order valence-corrected chi connectivity index (χ1v) is 6.64. The maximum Gasteiger partial charge on any atom is 0.245 e. The molecule has 1 aliphatic carbocycles. The van der Waals surface area contributed by atoms with E-state index in [1.807, 2.05) is 6.07 Å². The van der Waals surface area contributed by atoms with Gasteiger partial charge in [-0.2, -0.15) is 0 Å². The van der Waals surface area contributed by atoms with Crippen molar-refractivity contribution in [2.24, 2.45) is 17.4 Å². The standard InChI is InChI=1S/C14H17N5O/c15-5-3-10-7-14(10,16)13(20)19-12-2-1-9-8-17-6-4-11(9)18-12/h1-2,4,6,8,10H,3,5,7,15-16H2,(H,18,19,20). The highest BCUT2D eigenvalue weighted by Gasteiger charge is 2.56. The minimum Gasteiger partial charge on any atom is -0.330 e. The smallest absolute Gasteiger partial charge is 0.245 e. The van der Waals surface area contributed by atoms with Gasteiger partial charge in [-0.15, -0.1) is 0 Å². The Bertz CT molecular complexity index is 659. The first-order valence-electron chi connectivity index (χ1n) is 6.64. The lowest BCUT2D eigenvalue weighted by atomic mass is 10.1. The fraction of sp³-hybridized carbons (Fsp3) is 0.357. The minimum atomic E-state index is -0.783. The minimum absolute atomic E-state index is 0.178. The maximum absolute atomic E-state index is 12.2. The third kappa shape index (κ3) is 2.23. The summed E-state index contributed by atoms with van der Waals surface area (Å²) in [6, 6.07) is 5.43. The van der Waals surface area contributed by atoms with Crippen LogP contribution in [0.15, 0.2) is 30.6 Å². The van der Waals surface area contributed by atoms with Crippen LogP contribution < -0.4 is 16.8 Å². The molecule has 0 aliphatic heterocycles. The largest absolute Gasteiger partial charge is 0.330 e. The van der Waals surface area contributed by atoms with Gasteiger partial charge in [0.15, 0.2) is 0 Å². The lowest BCUT2D eigenvalue weighted by Gasteiger charge is -2.12. The van der Waals surface area contributed by atoms with Crippen LogP contribution in [0.25, 0.3) is 10.9 Å². The number of hydrogen-bond acceptors (Lipinski definition) is 5. The zero-order valence-electron chi connectivity index (χ0n) is 11.0. The molecule has 104 valence electrons. The van der Waals surface area contributed by atoms with Crippen molar-refractivity contribution in [2.45, 2.75) is 18.4 Å². The monoisotopic (exact) mass is 271 g/mol. The molecule has 2 heterocycles. The number of amides is 1. The van der Waals surface area contributed by atoms with E-state index in [4.69, 9.17) is 11.5 Å². The molecular formula is C14H17N5O. The Morgan fingerprint density at radius 1 is 1.45 bits per heavy atom. The van der Waals surface area contributed by atoms with Crippen LogP contribution >= 0.6 is 0 Å². The number of anilines is 1. The molecule has 6 heteroatoms. The molecule has 20 heavy (non-hydrogen) atoms. The lowest BCUT2D eigenvalue weighted by Crippen LogP contribution is -2.40. The molecule has 1 aliphatic rings. The van der Waals surface area contributed by atoms with Crippen molar-refractivity contribution in [2.75, 3.05) is 11.9 Å². The van der Waals surface area contributed by atoms with Gasteiger partial charge in [0.1, 0.15) is 5.82 Å². The van der Waals surface area contributed by atoms with Crippen molar-refractivity contribution < 1.29 is 4.79 Å². The quantitative estimate of drug-likeness (QED) is 0.756. The predicted molar refractivity (Wildman–Crippen MR) is 76.9 cm³/mol. The fourth-order valence-corrected chi connectivity index (χ4v) is 2.46. The molecule has 0 radical (unpaired) electrons. The molecule has 2 aromatic rings. The molecule has 1 amide bonds. The molecule has 5 N–H and O–H groups in total. The van der Waals surface area contributed by atoms with Gasteiger partial charge < -0.3 is 16.8 Å². The highest BCUT2D eigenvalue weighted by atomic mass is 16.2. The van der Waals surface area contributed by atoms with E-state index in [0.717, 1.165) is 17.3 Å². The first-order chi connectivity index (χ1) is 9.63. The number of carbonyl (C=O) groups excluding carboxylic acids is 1. The molecule has 1 fully saturated rings. The summed E-state index contributed by atoms with van der Waals surface area (Å²) in [5, 5.41) is 3.72. The van der Waals surface area contributed by atoms with E-state index >= 15 is 0 Å². The van der Waals surface area contributed by atoms with Crippen molar-refractivity contribution >= 4 is 22.6 Å². The molecule has 0 bridgehead atoms.